The summed E-state index contributed by atoms with van der Waals surface area (Å²) in [5.41, 5.74) is 3.56. The zero-order valence-electron chi connectivity index (χ0n) is 15.2. The van der Waals surface area contributed by atoms with Gasteiger partial charge in [0.25, 0.3) is 0 Å². The molecule has 1 aromatic heterocycles. The van der Waals surface area contributed by atoms with Gasteiger partial charge in [0, 0.05) is 18.3 Å². The van der Waals surface area contributed by atoms with Crippen molar-refractivity contribution in [2.24, 2.45) is 0 Å². The second-order valence-electron chi connectivity index (χ2n) is 5.99. The lowest BCUT2D eigenvalue weighted by atomic mass is 10.1. The Hall–Kier alpha value is -3.08. The van der Waals surface area contributed by atoms with E-state index in [0.717, 1.165) is 42.5 Å². The minimum absolute atomic E-state index is 0.771. The largest absolute Gasteiger partial charge is 0.497 e. The second-order valence-corrected chi connectivity index (χ2v) is 5.99. The van der Waals surface area contributed by atoms with Crippen molar-refractivity contribution >= 4 is 17.3 Å². The fourth-order valence-corrected chi connectivity index (χ4v) is 2.66. The first kappa shape index (κ1) is 17.7. The third-order valence-electron chi connectivity index (χ3n) is 4.16. The van der Waals surface area contributed by atoms with E-state index in [4.69, 9.17) is 4.74 Å². The zero-order valence-corrected chi connectivity index (χ0v) is 15.2. The number of hydrogen-bond acceptors (Lipinski definition) is 5. The Bertz CT molecular complexity index is 833. The number of hydrogen-bond donors (Lipinski definition) is 2. The van der Waals surface area contributed by atoms with E-state index >= 15 is 0 Å². The number of anilines is 3. The van der Waals surface area contributed by atoms with E-state index in [1.165, 1.54) is 11.1 Å². The summed E-state index contributed by atoms with van der Waals surface area (Å²) in [6, 6.07) is 18.4. The van der Waals surface area contributed by atoms with Crippen molar-refractivity contribution in [2.75, 3.05) is 24.3 Å². The number of nitrogens with zero attached hydrogens (tertiary/aromatic N) is 2. The van der Waals surface area contributed by atoms with Crippen LogP contribution in [0.25, 0.3) is 0 Å². The van der Waals surface area contributed by atoms with Crippen molar-refractivity contribution in [3.05, 3.63) is 72.1 Å². The number of rotatable bonds is 8. The molecule has 0 saturated heterocycles. The van der Waals surface area contributed by atoms with Gasteiger partial charge in [-0.05, 0) is 48.2 Å². The molecule has 5 nitrogen and oxygen atoms in total. The summed E-state index contributed by atoms with van der Waals surface area (Å²) in [5.74, 6) is 2.45. The zero-order chi connectivity index (χ0) is 18.2. The van der Waals surface area contributed by atoms with E-state index < -0.39 is 0 Å². The van der Waals surface area contributed by atoms with Crippen molar-refractivity contribution in [2.45, 2.75) is 19.8 Å². The number of ether oxygens (including phenoxy) is 1. The minimum atomic E-state index is 0.771. The molecule has 0 radical (unpaired) electrons. The third-order valence-corrected chi connectivity index (χ3v) is 4.16. The van der Waals surface area contributed by atoms with Crippen LogP contribution in [0, 0.1) is 0 Å². The molecule has 5 heteroatoms. The van der Waals surface area contributed by atoms with E-state index in [1.807, 2.05) is 18.2 Å². The number of methoxy groups -OCH3 is 1. The molecule has 0 fully saturated rings. The molecule has 0 saturated carbocycles. The fourth-order valence-electron chi connectivity index (χ4n) is 2.66. The molecule has 0 aliphatic carbocycles. The highest BCUT2D eigenvalue weighted by Gasteiger charge is 2.01. The Morgan fingerprint density at radius 3 is 2.50 bits per heavy atom. The average molecular weight is 348 g/mol. The smallest absolute Gasteiger partial charge is 0.135 e. The first-order valence-corrected chi connectivity index (χ1v) is 8.81. The van der Waals surface area contributed by atoms with E-state index in [0.29, 0.717) is 0 Å². The molecule has 0 spiro atoms. The van der Waals surface area contributed by atoms with Crippen molar-refractivity contribution < 1.29 is 4.74 Å². The molecule has 0 unspecified atom stereocenters. The van der Waals surface area contributed by atoms with Crippen LogP contribution in [-0.2, 0) is 12.8 Å². The van der Waals surface area contributed by atoms with Gasteiger partial charge in [-0.1, -0.05) is 31.2 Å². The van der Waals surface area contributed by atoms with Gasteiger partial charge in [0.15, 0.2) is 0 Å². The van der Waals surface area contributed by atoms with Crippen molar-refractivity contribution in [1.82, 2.24) is 9.97 Å². The SMILES string of the molecule is CCc1ccc(Nc2cc(NCCc3cccc(OC)c3)ncn2)cc1. The maximum absolute atomic E-state index is 5.26. The monoisotopic (exact) mass is 348 g/mol. The Balaban J connectivity index is 1.56. The maximum atomic E-state index is 5.26. The lowest BCUT2D eigenvalue weighted by molar-refractivity contribution is 0.414. The van der Waals surface area contributed by atoms with Crippen molar-refractivity contribution in [1.29, 1.82) is 0 Å². The van der Waals surface area contributed by atoms with Crippen LogP contribution in [0.1, 0.15) is 18.1 Å². The summed E-state index contributed by atoms with van der Waals surface area (Å²) in [6.07, 6.45) is 3.49. The van der Waals surface area contributed by atoms with Gasteiger partial charge >= 0.3 is 0 Å². The Kier molecular flexibility index (Phi) is 6.04. The van der Waals surface area contributed by atoms with E-state index in [1.54, 1.807) is 13.4 Å². The summed E-state index contributed by atoms with van der Waals surface area (Å²) < 4.78 is 5.26. The first-order valence-electron chi connectivity index (χ1n) is 8.81. The fraction of sp³-hybridized carbons (Fsp3) is 0.238. The molecule has 2 N–H and O–H groups in total. The first-order chi connectivity index (χ1) is 12.8. The highest BCUT2D eigenvalue weighted by atomic mass is 16.5. The Morgan fingerprint density at radius 2 is 1.73 bits per heavy atom. The highest BCUT2D eigenvalue weighted by Crippen LogP contribution is 2.17. The van der Waals surface area contributed by atoms with Gasteiger partial charge in [-0.3, -0.25) is 0 Å². The quantitative estimate of drug-likeness (QED) is 0.630. The van der Waals surface area contributed by atoms with Gasteiger partial charge < -0.3 is 15.4 Å². The third kappa shape index (κ3) is 4.96. The van der Waals surface area contributed by atoms with Crippen LogP contribution in [0.15, 0.2) is 60.9 Å². The molecule has 134 valence electrons. The molecule has 0 atom stereocenters. The predicted molar refractivity (Wildman–Crippen MR) is 106 cm³/mol. The molecular weight excluding hydrogens is 324 g/mol. The topological polar surface area (TPSA) is 59.1 Å². The predicted octanol–water partition coefficient (Wildman–Crippen LogP) is 4.45. The molecule has 1 heterocycles. The average Bonchev–Trinajstić information content (AvgIpc) is 2.69. The molecule has 0 aliphatic heterocycles. The van der Waals surface area contributed by atoms with Crippen molar-refractivity contribution in [3.63, 3.8) is 0 Å². The lowest BCUT2D eigenvalue weighted by Crippen LogP contribution is -2.07. The van der Waals surface area contributed by atoms with Crippen LogP contribution in [0.5, 0.6) is 5.75 Å². The van der Waals surface area contributed by atoms with Crippen LogP contribution in [0.3, 0.4) is 0 Å². The van der Waals surface area contributed by atoms with Crippen molar-refractivity contribution in [3.8, 4) is 5.75 Å². The lowest BCUT2D eigenvalue weighted by Gasteiger charge is -2.09. The van der Waals surface area contributed by atoms with Crippen LogP contribution in [0.2, 0.25) is 0 Å². The van der Waals surface area contributed by atoms with Crippen LogP contribution in [-0.4, -0.2) is 23.6 Å². The number of benzene rings is 2. The molecular formula is C21H24N4O. The summed E-state index contributed by atoms with van der Waals surface area (Å²) in [4.78, 5) is 8.57. The minimum Gasteiger partial charge on any atom is -0.497 e. The molecule has 0 aliphatic rings. The summed E-state index contributed by atoms with van der Waals surface area (Å²) in [5, 5.41) is 6.65. The molecule has 0 amide bonds. The van der Waals surface area contributed by atoms with Crippen LogP contribution < -0.4 is 15.4 Å². The number of nitrogens with one attached hydrogen (secondary N) is 2. The van der Waals surface area contributed by atoms with Gasteiger partial charge in [0.05, 0.1) is 7.11 Å². The molecule has 26 heavy (non-hydrogen) atoms. The molecule has 3 aromatic rings. The molecule has 0 bridgehead atoms. The van der Waals surface area contributed by atoms with Gasteiger partial charge in [0.1, 0.15) is 23.7 Å². The van der Waals surface area contributed by atoms with Gasteiger partial charge in [-0.2, -0.15) is 0 Å². The normalized spacial score (nSPS) is 10.4. The summed E-state index contributed by atoms with van der Waals surface area (Å²) in [6.45, 7) is 2.94. The van der Waals surface area contributed by atoms with Crippen LogP contribution >= 0.6 is 0 Å². The highest BCUT2D eigenvalue weighted by molar-refractivity contribution is 5.59. The number of aromatic nitrogens is 2. The summed E-state index contributed by atoms with van der Waals surface area (Å²) in [7, 11) is 1.68. The summed E-state index contributed by atoms with van der Waals surface area (Å²) >= 11 is 0. The van der Waals surface area contributed by atoms with E-state index in [-0.39, 0.29) is 0 Å². The van der Waals surface area contributed by atoms with E-state index in [9.17, 15) is 0 Å². The van der Waals surface area contributed by atoms with Crippen LogP contribution in [0.4, 0.5) is 17.3 Å². The second kappa shape index (κ2) is 8.85. The molecule has 2 aromatic carbocycles. The van der Waals surface area contributed by atoms with Gasteiger partial charge in [-0.15, -0.1) is 0 Å². The Labute approximate surface area is 154 Å². The number of aryl methyl sites for hydroxylation is 1. The maximum Gasteiger partial charge on any atom is 0.135 e. The van der Waals surface area contributed by atoms with E-state index in [2.05, 4.69) is 63.9 Å². The van der Waals surface area contributed by atoms with Gasteiger partial charge in [-0.25, -0.2) is 9.97 Å². The standard InChI is InChI=1S/C21H24N4O/c1-3-16-7-9-18(10-8-16)25-21-14-20(23-15-24-21)22-12-11-17-5-4-6-19(13-17)26-2/h4-10,13-15H,3,11-12H2,1-2H3,(H2,22,23,24,25). The molecule has 3 rings (SSSR count). The van der Waals surface area contributed by atoms with Gasteiger partial charge in [0.2, 0.25) is 0 Å². The Morgan fingerprint density at radius 1 is 0.923 bits per heavy atom.